The van der Waals surface area contributed by atoms with E-state index in [9.17, 15) is 0 Å². The molecule has 0 bridgehead atoms. The standard InChI is InChI=1S/C55H38N2/c1-55(2)46-21-13-23-51(57-48-22-12-11-20-43(48)53-41-19-10-9-18-37(41)24-31-52(53)57)54(46)42-28-27-40(34-47(42)55)56-49-29-25-38(35-14-5-3-6-15-35)32-44(49)45-33-39(26-30-50(45)56)36-16-7-4-8-17-36/h3-34H,1-2H3. The van der Waals surface area contributed by atoms with Crippen LogP contribution in [0.15, 0.2) is 194 Å². The maximum atomic E-state index is 2.51. The molecular formula is C55H38N2. The third-order valence-electron chi connectivity index (χ3n) is 12.7. The van der Waals surface area contributed by atoms with Gasteiger partial charge in [0, 0.05) is 38.2 Å². The van der Waals surface area contributed by atoms with Crippen molar-refractivity contribution < 1.29 is 0 Å². The summed E-state index contributed by atoms with van der Waals surface area (Å²) >= 11 is 0. The Bertz CT molecular complexity index is 3320. The second-order valence-electron chi connectivity index (χ2n) is 16.1. The fraction of sp³-hybridized carbons (Fsp3) is 0.0545. The normalized spacial score (nSPS) is 13.2. The average molecular weight is 727 g/mol. The number of hydrogen-bond donors (Lipinski definition) is 0. The minimum absolute atomic E-state index is 0.206. The molecule has 0 amide bonds. The van der Waals surface area contributed by atoms with Gasteiger partial charge in [-0.2, -0.15) is 0 Å². The number of para-hydroxylation sites is 1. The summed E-state index contributed by atoms with van der Waals surface area (Å²) in [6.07, 6.45) is 0. The minimum atomic E-state index is -0.206. The lowest BCUT2D eigenvalue weighted by Gasteiger charge is -2.22. The van der Waals surface area contributed by atoms with E-state index in [4.69, 9.17) is 0 Å². The second-order valence-corrected chi connectivity index (χ2v) is 16.1. The minimum Gasteiger partial charge on any atom is -0.309 e. The monoisotopic (exact) mass is 726 g/mol. The fourth-order valence-corrected chi connectivity index (χ4v) is 10.0. The predicted octanol–water partition coefficient (Wildman–Crippen LogP) is 14.7. The first-order valence-electron chi connectivity index (χ1n) is 19.9. The molecule has 57 heavy (non-hydrogen) atoms. The molecule has 0 radical (unpaired) electrons. The molecule has 0 saturated carbocycles. The van der Waals surface area contributed by atoms with Crippen LogP contribution in [0.25, 0.3) is 99.1 Å². The van der Waals surface area contributed by atoms with Gasteiger partial charge in [-0.15, -0.1) is 0 Å². The van der Waals surface area contributed by atoms with Crippen molar-refractivity contribution in [3.63, 3.8) is 0 Å². The first-order chi connectivity index (χ1) is 28.0. The lowest BCUT2D eigenvalue weighted by atomic mass is 9.82. The maximum absolute atomic E-state index is 2.51. The van der Waals surface area contributed by atoms with E-state index in [1.807, 2.05) is 0 Å². The zero-order chi connectivity index (χ0) is 37.8. The van der Waals surface area contributed by atoms with Crippen molar-refractivity contribution in [2.75, 3.05) is 0 Å². The van der Waals surface area contributed by atoms with Gasteiger partial charge in [-0.05, 0) is 104 Å². The van der Waals surface area contributed by atoms with Gasteiger partial charge in [-0.25, -0.2) is 0 Å². The van der Waals surface area contributed by atoms with Crippen LogP contribution in [0.4, 0.5) is 0 Å². The Morgan fingerprint density at radius 3 is 1.67 bits per heavy atom. The molecule has 11 aromatic rings. The van der Waals surface area contributed by atoms with E-state index < -0.39 is 0 Å². The first kappa shape index (κ1) is 32.1. The van der Waals surface area contributed by atoms with Crippen LogP contribution in [0.3, 0.4) is 0 Å². The molecular weight excluding hydrogens is 689 g/mol. The van der Waals surface area contributed by atoms with E-state index in [1.54, 1.807) is 0 Å². The summed E-state index contributed by atoms with van der Waals surface area (Å²) in [5.74, 6) is 0. The quantitative estimate of drug-likeness (QED) is 0.171. The molecule has 1 aliphatic carbocycles. The van der Waals surface area contributed by atoms with Crippen molar-refractivity contribution in [2.24, 2.45) is 0 Å². The van der Waals surface area contributed by atoms with E-state index in [2.05, 4.69) is 217 Å². The van der Waals surface area contributed by atoms with Crippen molar-refractivity contribution >= 4 is 54.4 Å². The van der Waals surface area contributed by atoms with Gasteiger partial charge in [-0.1, -0.05) is 153 Å². The molecule has 2 aromatic heterocycles. The van der Waals surface area contributed by atoms with E-state index in [0.717, 1.165) is 0 Å². The third-order valence-corrected chi connectivity index (χ3v) is 12.7. The average Bonchev–Trinajstić information content (AvgIpc) is 3.86. The highest BCUT2D eigenvalue weighted by atomic mass is 15.0. The highest BCUT2D eigenvalue weighted by Gasteiger charge is 2.38. The third kappa shape index (κ3) is 4.59. The summed E-state index contributed by atoms with van der Waals surface area (Å²) in [5, 5.41) is 7.67. The van der Waals surface area contributed by atoms with Crippen molar-refractivity contribution in [3.8, 4) is 44.8 Å². The number of fused-ring (bicyclic) bond motifs is 11. The topological polar surface area (TPSA) is 9.86 Å². The van der Waals surface area contributed by atoms with Crippen LogP contribution in [0.2, 0.25) is 0 Å². The van der Waals surface area contributed by atoms with Gasteiger partial charge >= 0.3 is 0 Å². The molecule has 0 atom stereocenters. The zero-order valence-corrected chi connectivity index (χ0v) is 31.9. The van der Waals surface area contributed by atoms with Crippen LogP contribution in [0.5, 0.6) is 0 Å². The van der Waals surface area contributed by atoms with Gasteiger partial charge in [-0.3, -0.25) is 0 Å². The SMILES string of the molecule is CC1(C)c2cc(-n3c4ccc(-c5ccccc5)cc4c4cc(-c5ccccc5)ccc43)ccc2-c2c(-n3c4ccccc4c4c5ccccc5ccc43)cccc21. The Labute approximate surface area is 331 Å². The summed E-state index contributed by atoms with van der Waals surface area (Å²) in [5.41, 5.74) is 17.3. The Morgan fingerprint density at radius 2 is 0.965 bits per heavy atom. The van der Waals surface area contributed by atoms with Gasteiger partial charge in [0.05, 0.1) is 27.8 Å². The predicted molar refractivity (Wildman–Crippen MR) is 241 cm³/mol. The fourth-order valence-electron chi connectivity index (χ4n) is 10.0. The van der Waals surface area contributed by atoms with Crippen LogP contribution in [0.1, 0.15) is 25.0 Å². The summed E-state index contributed by atoms with van der Waals surface area (Å²) in [6.45, 7) is 4.80. The van der Waals surface area contributed by atoms with Crippen molar-refractivity contribution in [3.05, 3.63) is 205 Å². The highest BCUT2D eigenvalue weighted by molar-refractivity contribution is 6.21. The van der Waals surface area contributed by atoms with Gasteiger partial charge in [0.15, 0.2) is 0 Å². The molecule has 268 valence electrons. The summed E-state index contributed by atoms with van der Waals surface area (Å²) in [7, 11) is 0. The molecule has 2 heteroatoms. The number of nitrogens with zero attached hydrogens (tertiary/aromatic N) is 2. The van der Waals surface area contributed by atoms with Crippen LogP contribution in [-0.2, 0) is 5.41 Å². The molecule has 0 N–H and O–H groups in total. The van der Waals surface area contributed by atoms with Gasteiger partial charge in [0.2, 0.25) is 0 Å². The van der Waals surface area contributed by atoms with Crippen molar-refractivity contribution in [1.29, 1.82) is 0 Å². The molecule has 2 nitrogen and oxygen atoms in total. The smallest absolute Gasteiger partial charge is 0.0547 e. The molecule has 9 aromatic carbocycles. The maximum Gasteiger partial charge on any atom is 0.0547 e. The number of aromatic nitrogens is 2. The molecule has 2 heterocycles. The Morgan fingerprint density at radius 1 is 0.368 bits per heavy atom. The number of rotatable bonds is 4. The molecule has 0 aliphatic heterocycles. The number of hydrogen-bond acceptors (Lipinski definition) is 0. The van der Waals surface area contributed by atoms with Crippen LogP contribution < -0.4 is 0 Å². The van der Waals surface area contributed by atoms with E-state index in [0.29, 0.717) is 0 Å². The molecule has 0 unspecified atom stereocenters. The van der Waals surface area contributed by atoms with Gasteiger partial charge < -0.3 is 9.13 Å². The second kappa shape index (κ2) is 11.9. The molecule has 12 rings (SSSR count). The Kier molecular flexibility index (Phi) is 6.72. The molecule has 0 saturated heterocycles. The first-order valence-corrected chi connectivity index (χ1v) is 19.9. The van der Waals surface area contributed by atoms with Crippen LogP contribution in [0, 0.1) is 0 Å². The van der Waals surface area contributed by atoms with Crippen molar-refractivity contribution in [2.45, 2.75) is 19.3 Å². The van der Waals surface area contributed by atoms with Gasteiger partial charge in [0.1, 0.15) is 0 Å². The van der Waals surface area contributed by atoms with E-state index in [-0.39, 0.29) is 5.41 Å². The Hall–Kier alpha value is -7.16. The summed E-state index contributed by atoms with van der Waals surface area (Å²) < 4.78 is 4.99. The largest absolute Gasteiger partial charge is 0.309 e. The van der Waals surface area contributed by atoms with E-state index in [1.165, 1.54) is 110 Å². The van der Waals surface area contributed by atoms with Crippen molar-refractivity contribution in [1.82, 2.24) is 9.13 Å². The highest BCUT2D eigenvalue weighted by Crippen LogP contribution is 2.53. The van der Waals surface area contributed by atoms with Crippen LogP contribution in [-0.4, -0.2) is 9.13 Å². The molecule has 0 fully saturated rings. The summed E-state index contributed by atoms with van der Waals surface area (Å²) in [4.78, 5) is 0. The van der Waals surface area contributed by atoms with Crippen LogP contribution >= 0.6 is 0 Å². The molecule has 1 aliphatic rings. The lowest BCUT2D eigenvalue weighted by Crippen LogP contribution is -2.15. The zero-order valence-electron chi connectivity index (χ0n) is 31.9. The lowest BCUT2D eigenvalue weighted by molar-refractivity contribution is 0.659. The summed E-state index contributed by atoms with van der Waals surface area (Å²) in [6, 6.07) is 71.8. The Balaban J connectivity index is 1.08. The number of benzene rings is 9. The molecule has 0 spiro atoms. The van der Waals surface area contributed by atoms with E-state index >= 15 is 0 Å². The van der Waals surface area contributed by atoms with Gasteiger partial charge in [0.25, 0.3) is 0 Å².